The molecule has 0 saturated heterocycles. The van der Waals surface area contributed by atoms with Gasteiger partial charge in [-0.05, 0) is 24.2 Å². The largest absolute Gasteiger partial charge is 0.310 e. The molecule has 108 valence electrons. The van der Waals surface area contributed by atoms with Gasteiger partial charge in [0.25, 0.3) is 0 Å². The third-order valence-corrected chi connectivity index (χ3v) is 4.75. The zero-order chi connectivity index (χ0) is 14.0. The van der Waals surface area contributed by atoms with Gasteiger partial charge in [-0.25, -0.2) is 0 Å². The Kier molecular flexibility index (Phi) is 4.67. The SMILES string of the molecule is CC(C)c1nn(C)cc1CNC1CCCC(C)C1C. The lowest BCUT2D eigenvalue weighted by Gasteiger charge is -2.34. The van der Waals surface area contributed by atoms with Crippen LogP contribution in [-0.2, 0) is 13.6 Å². The first-order chi connectivity index (χ1) is 8.99. The van der Waals surface area contributed by atoms with E-state index in [1.807, 2.05) is 11.7 Å². The summed E-state index contributed by atoms with van der Waals surface area (Å²) < 4.78 is 1.94. The third-order valence-electron chi connectivity index (χ3n) is 4.75. The van der Waals surface area contributed by atoms with Gasteiger partial charge in [-0.1, -0.05) is 40.5 Å². The van der Waals surface area contributed by atoms with Crippen LogP contribution in [-0.4, -0.2) is 15.8 Å². The lowest BCUT2D eigenvalue weighted by molar-refractivity contribution is 0.206. The van der Waals surface area contributed by atoms with Crippen molar-refractivity contribution in [3.05, 3.63) is 17.5 Å². The molecule has 1 aliphatic rings. The Labute approximate surface area is 117 Å². The lowest BCUT2D eigenvalue weighted by Crippen LogP contribution is -2.40. The predicted octanol–water partition coefficient (Wildman–Crippen LogP) is 3.46. The molecule has 1 aromatic heterocycles. The van der Waals surface area contributed by atoms with Crippen LogP contribution < -0.4 is 5.32 Å². The van der Waals surface area contributed by atoms with E-state index in [4.69, 9.17) is 0 Å². The second-order valence-corrected chi connectivity index (χ2v) is 6.62. The van der Waals surface area contributed by atoms with E-state index in [1.165, 1.54) is 30.5 Å². The molecular formula is C16H29N3. The fourth-order valence-corrected chi connectivity index (χ4v) is 3.29. The van der Waals surface area contributed by atoms with Crippen molar-refractivity contribution >= 4 is 0 Å². The van der Waals surface area contributed by atoms with Crippen LogP contribution in [0.5, 0.6) is 0 Å². The number of rotatable bonds is 4. The number of hydrogen-bond donors (Lipinski definition) is 1. The normalized spacial score (nSPS) is 28.0. The van der Waals surface area contributed by atoms with E-state index in [1.54, 1.807) is 0 Å². The molecule has 3 heteroatoms. The van der Waals surface area contributed by atoms with Gasteiger partial charge < -0.3 is 5.32 Å². The molecule has 0 amide bonds. The summed E-state index contributed by atoms with van der Waals surface area (Å²) in [5.74, 6) is 2.14. The smallest absolute Gasteiger partial charge is 0.0694 e. The van der Waals surface area contributed by atoms with Crippen molar-refractivity contribution in [2.45, 2.75) is 65.5 Å². The van der Waals surface area contributed by atoms with E-state index in [0.717, 1.165) is 18.4 Å². The Hall–Kier alpha value is -0.830. The van der Waals surface area contributed by atoms with Crippen LogP contribution in [0.1, 0.15) is 64.1 Å². The summed E-state index contributed by atoms with van der Waals surface area (Å²) >= 11 is 0. The van der Waals surface area contributed by atoms with E-state index < -0.39 is 0 Å². The van der Waals surface area contributed by atoms with Crippen LogP contribution >= 0.6 is 0 Å². The monoisotopic (exact) mass is 263 g/mol. The van der Waals surface area contributed by atoms with E-state index >= 15 is 0 Å². The van der Waals surface area contributed by atoms with Crippen molar-refractivity contribution in [3.8, 4) is 0 Å². The molecule has 3 atom stereocenters. The van der Waals surface area contributed by atoms with Crippen molar-refractivity contribution in [2.24, 2.45) is 18.9 Å². The van der Waals surface area contributed by atoms with Crippen LogP contribution in [0.2, 0.25) is 0 Å². The standard InChI is InChI=1S/C16H29N3/c1-11(2)16-14(10-19(5)18-16)9-17-15-8-6-7-12(3)13(15)4/h10-13,15,17H,6-9H2,1-5H3. The molecule has 19 heavy (non-hydrogen) atoms. The fourth-order valence-electron chi connectivity index (χ4n) is 3.29. The minimum absolute atomic E-state index is 0.501. The quantitative estimate of drug-likeness (QED) is 0.901. The van der Waals surface area contributed by atoms with Crippen LogP contribution in [0.3, 0.4) is 0 Å². The Morgan fingerprint density at radius 3 is 2.79 bits per heavy atom. The van der Waals surface area contributed by atoms with Crippen LogP contribution in [0, 0.1) is 11.8 Å². The van der Waals surface area contributed by atoms with Crippen LogP contribution in [0.15, 0.2) is 6.20 Å². The summed E-state index contributed by atoms with van der Waals surface area (Å²) in [6.07, 6.45) is 6.25. The predicted molar refractivity (Wildman–Crippen MR) is 80.1 cm³/mol. The highest BCUT2D eigenvalue weighted by Crippen LogP contribution is 2.29. The number of aromatic nitrogens is 2. The van der Waals surface area contributed by atoms with Crippen molar-refractivity contribution in [1.82, 2.24) is 15.1 Å². The second kappa shape index (κ2) is 6.08. The number of hydrogen-bond acceptors (Lipinski definition) is 2. The molecule has 0 bridgehead atoms. The molecule has 0 radical (unpaired) electrons. The van der Waals surface area contributed by atoms with Crippen molar-refractivity contribution in [3.63, 3.8) is 0 Å². The molecule has 0 aliphatic heterocycles. The first-order valence-corrected chi connectivity index (χ1v) is 7.74. The summed E-state index contributed by atoms with van der Waals surface area (Å²) in [6, 6.07) is 0.670. The Balaban J connectivity index is 1.98. The second-order valence-electron chi connectivity index (χ2n) is 6.62. The van der Waals surface area contributed by atoms with Gasteiger partial charge in [-0.3, -0.25) is 4.68 Å². The molecule has 1 saturated carbocycles. The molecule has 3 nitrogen and oxygen atoms in total. The molecule has 1 aromatic rings. The zero-order valence-corrected chi connectivity index (χ0v) is 13.1. The maximum absolute atomic E-state index is 4.58. The van der Waals surface area contributed by atoms with Gasteiger partial charge in [-0.2, -0.15) is 5.10 Å². The summed E-state index contributed by atoms with van der Waals surface area (Å²) in [5, 5.41) is 8.36. The molecule has 3 unspecified atom stereocenters. The zero-order valence-electron chi connectivity index (χ0n) is 13.1. The van der Waals surface area contributed by atoms with Crippen molar-refractivity contribution < 1.29 is 0 Å². The highest BCUT2D eigenvalue weighted by atomic mass is 15.3. The van der Waals surface area contributed by atoms with E-state index in [-0.39, 0.29) is 0 Å². The average Bonchev–Trinajstić information content (AvgIpc) is 2.73. The lowest BCUT2D eigenvalue weighted by atomic mass is 9.78. The first kappa shape index (κ1) is 14.6. The molecule has 0 aromatic carbocycles. The maximum Gasteiger partial charge on any atom is 0.0694 e. The summed E-state index contributed by atoms with van der Waals surface area (Å²) in [4.78, 5) is 0. The van der Waals surface area contributed by atoms with Crippen LogP contribution in [0.25, 0.3) is 0 Å². The van der Waals surface area contributed by atoms with Gasteiger partial charge >= 0.3 is 0 Å². The van der Waals surface area contributed by atoms with E-state index in [2.05, 4.69) is 44.3 Å². The van der Waals surface area contributed by atoms with Crippen molar-refractivity contribution in [2.75, 3.05) is 0 Å². The van der Waals surface area contributed by atoms with E-state index in [0.29, 0.717) is 12.0 Å². The Morgan fingerprint density at radius 2 is 2.11 bits per heavy atom. The topological polar surface area (TPSA) is 29.9 Å². The highest BCUT2D eigenvalue weighted by Gasteiger charge is 2.26. The number of nitrogens with zero attached hydrogens (tertiary/aromatic N) is 2. The Bertz CT molecular complexity index is 408. The summed E-state index contributed by atoms with van der Waals surface area (Å²) in [7, 11) is 2.01. The molecule has 2 rings (SSSR count). The maximum atomic E-state index is 4.58. The molecule has 0 spiro atoms. The summed E-state index contributed by atoms with van der Waals surface area (Å²) in [6.45, 7) is 10.2. The fraction of sp³-hybridized carbons (Fsp3) is 0.812. The number of aryl methyl sites for hydroxylation is 1. The number of nitrogens with one attached hydrogen (secondary N) is 1. The van der Waals surface area contributed by atoms with Gasteiger partial charge in [0, 0.05) is 31.4 Å². The molecule has 1 N–H and O–H groups in total. The van der Waals surface area contributed by atoms with Gasteiger partial charge in [0.15, 0.2) is 0 Å². The van der Waals surface area contributed by atoms with Crippen LogP contribution in [0.4, 0.5) is 0 Å². The minimum Gasteiger partial charge on any atom is -0.310 e. The highest BCUT2D eigenvalue weighted by molar-refractivity contribution is 5.20. The molecule has 1 heterocycles. The summed E-state index contributed by atoms with van der Waals surface area (Å²) in [5.41, 5.74) is 2.61. The Morgan fingerprint density at radius 1 is 1.37 bits per heavy atom. The van der Waals surface area contributed by atoms with Gasteiger partial charge in [0.1, 0.15) is 0 Å². The average molecular weight is 263 g/mol. The molecule has 1 aliphatic carbocycles. The molecule has 1 fully saturated rings. The first-order valence-electron chi connectivity index (χ1n) is 7.74. The van der Waals surface area contributed by atoms with Gasteiger partial charge in [0.2, 0.25) is 0 Å². The minimum atomic E-state index is 0.501. The van der Waals surface area contributed by atoms with Gasteiger partial charge in [0.05, 0.1) is 5.69 Å². The van der Waals surface area contributed by atoms with E-state index in [9.17, 15) is 0 Å². The third kappa shape index (κ3) is 3.38. The van der Waals surface area contributed by atoms with Gasteiger partial charge in [-0.15, -0.1) is 0 Å². The molecular weight excluding hydrogens is 234 g/mol. The van der Waals surface area contributed by atoms with Crippen molar-refractivity contribution in [1.29, 1.82) is 0 Å².